The molecule has 1 unspecified atom stereocenters. The van der Waals surface area contributed by atoms with Gasteiger partial charge in [-0.15, -0.1) is 0 Å². The van der Waals surface area contributed by atoms with Crippen molar-refractivity contribution in [3.63, 3.8) is 0 Å². The van der Waals surface area contributed by atoms with Crippen molar-refractivity contribution in [3.05, 3.63) is 29.8 Å². The maximum atomic E-state index is 5.73. The van der Waals surface area contributed by atoms with Gasteiger partial charge in [-0.1, -0.05) is 32.9 Å². The highest BCUT2D eigenvalue weighted by molar-refractivity contribution is 5.30. The fourth-order valence-corrected chi connectivity index (χ4v) is 1.94. The Balaban J connectivity index is 2.28. The maximum absolute atomic E-state index is 5.73. The van der Waals surface area contributed by atoms with E-state index in [0.717, 1.165) is 25.3 Å². The van der Waals surface area contributed by atoms with E-state index in [2.05, 4.69) is 45.1 Å². The Morgan fingerprint density at radius 1 is 1.10 bits per heavy atom. The molecular formula is C17H29NO2. The molecule has 1 rings (SSSR count). The van der Waals surface area contributed by atoms with Crippen LogP contribution in [0.2, 0.25) is 0 Å². The molecule has 0 fully saturated rings. The van der Waals surface area contributed by atoms with Crippen molar-refractivity contribution in [2.24, 2.45) is 5.92 Å². The first kappa shape index (κ1) is 17.0. The van der Waals surface area contributed by atoms with E-state index in [9.17, 15) is 0 Å². The molecule has 114 valence electrons. The number of rotatable bonds is 10. The average molecular weight is 279 g/mol. The van der Waals surface area contributed by atoms with Crippen LogP contribution in [-0.4, -0.2) is 26.4 Å². The van der Waals surface area contributed by atoms with Gasteiger partial charge in [0, 0.05) is 12.6 Å². The topological polar surface area (TPSA) is 30.5 Å². The Morgan fingerprint density at radius 2 is 1.90 bits per heavy atom. The third-order valence-electron chi connectivity index (χ3n) is 3.20. The molecule has 0 amide bonds. The molecule has 0 aliphatic rings. The van der Waals surface area contributed by atoms with Crippen molar-refractivity contribution in [2.75, 3.05) is 26.4 Å². The Kier molecular flexibility index (Phi) is 8.31. The number of hydrogen-bond donors (Lipinski definition) is 1. The first-order chi connectivity index (χ1) is 9.63. The summed E-state index contributed by atoms with van der Waals surface area (Å²) in [5, 5.41) is 3.40. The highest BCUT2D eigenvalue weighted by atomic mass is 16.5. The fraction of sp³-hybridized carbons (Fsp3) is 0.647. The van der Waals surface area contributed by atoms with Crippen molar-refractivity contribution in [1.82, 2.24) is 5.32 Å². The standard InChI is InChI=1S/C17H29NO2/c1-5-18-15(4)16-7-6-8-17(13-16)20-12-11-19-10-9-14(2)3/h6-8,13-15,18H,5,9-12H2,1-4H3. The number of nitrogens with one attached hydrogen (secondary N) is 1. The Labute approximate surface area is 123 Å². The Morgan fingerprint density at radius 3 is 2.60 bits per heavy atom. The molecule has 1 aromatic carbocycles. The monoisotopic (exact) mass is 279 g/mol. The lowest BCUT2D eigenvalue weighted by Gasteiger charge is -2.14. The van der Waals surface area contributed by atoms with Gasteiger partial charge in [0.1, 0.15) is 12.4 Å². The zero-order valence-electron chi connectivity index (χ0n) is 13.3. The summed E-state index contributed by atoms with van der Waals surface area (Å²) in [5.74, 6) is 1.61. The largest absolute Gasteiger partial charge is 0.491 e. The molecule has 0 spiro atoms. The molecule has 0 saturated carbocycles. The van der Waals surface area contributed by atoms with Gasteiger partial charge >= 0.3 is 0 Å². The van der Waals surface area contributed by atoms with E-state index in [1.807, 2.05) is 12.1 Å². The van der Waals surface area contributed by atoms with Crippen LogP contribution in [0.4, 0.5) is 0 Å². The lowest BCUT2D eigenvalue weighted by Crippen LogP contribution is -2.17. The number of benzene rings is 1. The predicted octanol–water partition coefficient (Wildman–Crippen LogP) is 3.80. The van der Waals surface area contributed by atoms with Crippen LogP contribution >= 0.6 is 0 Å². The summed E-state index contributed by atoms with van der Waals surface area (Å²) in [7, 11) is 0. The van der Waals surface area contributed by atoms with Crippen LogP contribution in [0.25, 0.3) is 0 Å². The van der Waals surface area contributed by atoms with Gasteiger partial charge in [0.15, 0.2) is 0 Å². The minimum absolute atomic E-state index is 0.353. The second-order valence-corrected chi connectivity index (χ2v) is 5.50. The van der Waals surface area contributed by atoms with Crippen LogP contribution < -0.4 is 10.1 Å². The Bertz CT molecular complexity index is 366. The van der Waals surface area contributed by atoms with Crippen molar-refractivity contribution in [1.29, 1.82) is 0 Å². The third kappa shape index (κ3) is 6.92. The molecule has 3 heteroatoms. The number of hydrogen-bond acceptors (Lipinski definition) is 3. The highest BCUT2D eigenvalue weighted by Gasteiger charge is 2.04. The molecule has 0 saturated heterocycles. The average Bonchev–Trinajstić information content (AvgIpc) is 2.43. The van der Waals surface area contributed by atoms with Crippen LogP contribution in [0, 0.1) is 5.92 Å². The summed E-state index contributed by atoms with van der Waals surface area (Å²) < 4.78 is 11.3. The molecule has 3 nitrogen and oxygen atoms in total. The molecule has 0 aliphatic heterocycles. The Hall–Kier alpha value is -1.06. The molecule has 0 aromatic heterocycles. The van der Waals surface area contributed by atoms with Crippen LogP contribution in [0.3, 0.4) is 0 Å². The summed E-state index contributed by atoms with van der Waals surface area (Å²) in [6.45, 7) is 11.7. The fourth-order valence-electron chi connectivity index (χ4n) is 1.94. The molecule has 20 heavy (non-hydrogen) atoms. The molecular weight excluding hydrogens is 250 g/mol. The summed E-state index contributed by atoms with van der Waals surface area (Å²) in [4.78, 5) is 0. The lowest BCUT2D eigenvalue weighted by molar-refractivity contribution is 0.0925. The smallest absolute Gasteiger partial charge is 0.119 e. The summed E-state index contributed by atoms with van der Waals surface area (Å²) in [6.07, 6.45) is 1.11. The first-order valence-electron chi connectivity index (χ1n) is 7.67. The van der Waals surface area contributed by atoms with E-state index in [1.54, 1.807) is 0 Å². The molecule has 1 aromatic rings. The normalized spacial score (nSPS) is 12.7. The molecule has 0 radical (unpaired) electrons. The highest BCUT2D eigenvalue weighted by Crippen LogP contribution is 2.18. The van der Waals surface area contributed by atoms with Gasteiger partial charge in [-0.2, -0.15) is 0 Å². The van der Waals surface area contributed by atoms with Crippen molar-refractivity contribution in [2.45, 2.75) is 40.2 Å². The van der Waals surface area contributed by atoms with E-state index in [0.29, 0.717) is 25.2 Å². The first-order valence-corrected chi connectivity index (χ1v) is 7.67. The van der Waals surface area contributed by atoms with E-state index in [4.69, 9.17) is 9.47 Å². The molecule has 0 bridgehead atoms. The van der Waals surface area contributed by atoms with E-state index >= 15 is 0 Å². The second kappa shape index (κ2) is 9.78. The zero-order chi connectivity index (χ0) is 14.8. The number of ether oxygens (including phenoxy) is 2. The molecule has 0 aliphatic carbocycles. The third-order valence-corrected chi connectivity index (χ3v) is 3.20. The van der Waals surface area contributed by atoms with Crippen LogP contribution in [0.5, 0.6) is 5.75 Å². The van der Waals surface area contributed by atoms with E-state index in [1.165, 1.54) is 5.56 Å². The van der Waals surface area contributed by atoms with Crippen molar-refractivity contribution in [3.8, 4) is 5.75 Å². The molecule has 0 heterocycles. The second-order valence-electron chi connectivity index (χ2n) is 5.50. The zero-order valence-corrected chi connectivity index (χ0v) is 13.3. The van der Waals surface area contributed by atoms with Crippen molar-refractivity contribution >= 4 is 0 Å². The van der Waals surface area contributed by atoms with Gasteiger partial charge in [-0.25, -0.2) is 0 Å². The van der Waals surface area contributed by atoms with Gasteiger partial charge in [0.2, 0.25) is 0 Å². The van der Waals surface area contributed by atoms with Gasteiger partial charge < -0.3 is 14.8 Å². The van der Waals surface area contributed by atoms with Crippen LogP contribution in [0.15, 0.2) is 24.3 Å². The van der Waals surface area contributed by atoms with Crippen molar-refractivity contribution < 1.29 is 9.47 Å². The van der Waals surface area contributed by atoms with Gasteiger partial charge in [-0.3, -0.25) is 0 Å². The SMILES string of the molecule is CCNC(C)c1cccc(OCCOCCC(C)C)c1. The van der Waals surface area contributed by atoms with E-state index < -0.39 is 0 Å². The summed E-state index contributed by atoms with van der Waals surface area (Å²) >= 11 is 0. The van der Waals surface area contributed by atoms with Gasteiger partial charge in [0.05, 0.1) is 6.61 Å². The minimum atomic E-state index is 0.353. The quantitative estimate of drug-likeness (QED) is 0.661. The van der Waals surface area contributed by atoms with E-state index in [-0.39, 0.29) is 0 Å². The van der Waals surface area contributed by atoms with Crippen LogP contribution in [-0.2, 0) is 4.74 Å². The molecule has 1 atom stereocenters. The molecule has 1 N–H and O–H groups in total. The summed E-state index contributed by atoms with van der Waals surface area (Å²) in [6, 6.07) is 8.61. The lowest BCUT2D eigenvalue weighted by atomic mass is 10.1. The van der Waals surface area contributed by atoms with Gasteiger partial charge in [0.25, 0.3) is 0 Å². The minimum Gasteiger partial charge on any atom is -0.491 e. The predicted molar refractivity (Wildman–Crippen MR) is 84.3 cm³/mol. The van der Waals surface area contributed by atoms with Gasteiger partial charge in [-0.05, 0) is 43.5 Å². The summed E-state index contributed by atoms with van der Waals surface area (Å²) in [5.41, 5.74) is 1.25. The van der Waals surface area contributed by atoms with Crippen LogP contribution in [0.1, 0.15) is 45.7 Å². The maximum Gasteiger partial charge on any atom is 0.119 e.